The molecule has 1 saturated carbocycles. The fourth-order valence-corrected chi connectivity index (χ4v) is 3.92. The standard InChI is InChI=1S/C15H23NOS/c1-10-11(2)18-14(16-10)9-13(17)12-7-5-6-8-15(12,3)4/h12H,5-9H2,1-4H3. The van der Waals surface area contributed by atoms with E-state index in [1.54, 1.807) is 11.3 Å². The van der Waals surface area contributed by atoms with Crippen LogP contribution >= 0.6 is 11.3 Å². The molecule has 0 bridgehead atoms. The van der Waals surface area contributed by atoms with Crippen LogP contribution in [0.4, 0.5) is 0 Å². The van der Waals surface area contributed by atoms with E-state index in [9.17, 15) is 4.79 Å². The number of hydrogen-bond acceptors (Lipinski definition) is 3. The number of thiazole rings is 1. The number of carbonyl (C=O) groups is 1. The van der Waals surface area contributed by atoms with E-state index in [4.69, 9.17) is 0 Å². The summed E-state index contributed by atoms with van der Waals surface area (Å²) < 4.78 is 0. The molecule has 1 unspecified atom stereocenters. The summed E-state index contributed by atoms with van der Waals surface area (Å²) in [5.41, 5.74) is 1.25. The Hall–Kier alpha value is -0.700. The quantitative estimate of drug-likeness (QED) is 0.824. The first-order valence-electron chi connectivity index (χ1n) is 6.86. The van der Waals surface area contributed by atoms with Gasteiger partial charge in [-0.3, -0.25) is 4.79 Å². The van der Waals surface area contributed by atoms with Crippen LogP contribution in [0.3, 0.4) is 0 Å². The van der Waals surface area contributed by atoms with Crippen LogP contribution in [0.5, 0.6) is 0 Å². The van der Waals surface area contributed by atoms with E-state index in [-0.39, 0.29) is 11.3 Å². The molecule has 0 radical (unpaired) electrons. The highest BCUT2D eigenvalue weighted by molar-refractivity contribution is 7.11. The zero-order valence-corrected chi connectivity index (χ0v) is 12.7. The van der Waals surface area contributed by atoms with Crippen LogP contribution in [0.1, 0.15) is 55.1 Å². The molecule has 2 rings (SSSR count). The predicted molar refractivity (Wildman–Crippen MR) is 76.0 cm³/mol. The largest absolute Gasteiger partial charge is 0.299 e. The van der Waals surface area contributed by atoms with Crippen molar-refractivity contribution in [1.29, 1.82) is 0 Å². The van der Waals surface area contributed by atoms with E-state index in [2.05, 4.69) is 25.8 Å². The molecule has 3 heteroatoms. The van der Waals surface area contributed by atoms with Crippen molar-refractivity contribution in [3.8, 4) is 0 Å². The third kappa shape index (κ3) is 2.82. The Morgan fingerprint density at radius 2 is 2.11 bits per heavy atom. The average molecular weight is 265 g/mol. The Kier molecular flexibility index (Phi) is 3.90. The van der Waals surface area contributed by atoms with Crippen LogP contribution in [0, 0.1) is 25.2 Å². The Morgan fingerprint density at radius 1 is 1.39 bits per heavy atom. The van der Waals surface area contributed by atoms with Crippen LogP contribution in [0.2, 0.25) is 0 Å². The van der Waals surface area contributed by atoms with Crippen molar-refractivity contribution in [3.63, 3.8) is 0 Å². The number of carbonyl (C=O) groups excluding carboxylic acids is 1. The van der Waals surface area contributed by atoms with E-state index in [0.29, 0.717) is 12.2 Å². The molecular formula is C15H23NOS. The maximum Gasteiger partial charge on any atom is 0.143 e. The Morgan fingerprint density at radius 3 is 2.67 bits per heavy atom. The van der Waals surface area contributed by atoms with Crippen molar-refractivity contribution in [1.82, 2.24) is 4.98 Å². The number of nitrogens with zero attached hydrogens (tertiary/aromatic N) is 1. The number of aryl methyl sites for hydroxylation is 2. The molecule has 0 spiro atoms. The molecule has 0 saturated heterocycles. The number of Topliss-reactive ketones (excluding diaryl/α,β-unsaturated/α-hetero) is 1. The maximum absolute atomic E-state index is 12.5. The molecule has 1 heterocycles. The van der Waals surface area contributed by atoms with Gasteiger partial charge in [0.25, 0.3) is 0 Å². The Labute approximate surface area is 114 Å². The van der Waals surface area contributed by atoms with Crippen molar-refractivity contribution >= 4 is 17.1 Å². The van der Waals surface area contributed by atoms with Crippen LogP contribution < -0.4 is 0 Å². The first kappa shape index (κ1) is 13.7. The highest BCUT2D eigenvalue weighted by atomic mass is 32.1. The van der Waals surface area contributed by atoms with Gasteiger partial charge in [0.15, 0.2) is 0 Å². The van der Waals surface area contributed by atoms with Gasteiger partial charge in [0.1, 0.15) is 10.8 Å². The second kappa shape index (κ2) is 5.12. The van der Waals surface area contributed by atoms with E-state index in [0.717, 1.165) is 17.1 Å². The van der Waals surface area contributed by atoms with E-state index in [1.807, 2.05) is 6.92 Å². The van der Waals surface area contributed by atoms with Gasteiger partial charge in [0.2, 0.25) is 0 Å². The van der Waals surface area contributed by atoms with Crippen LogP contribution in [-0.2, 0) is 11.2 Å². The first-order chi connectivity index (χ1) is 8.40. The summed E-state index contributed by atoms with van der Waals surface area (Å²) in [5, 5.41) is 0.997. The molecule has 1 fully saturated rings. The molecule has 0 aromatic carbocycles. The van der Waals surface area contributed by atoms with Gasteiger partial charge in [-0.25, -0.2) is 4.98 Å². The first-order valence-corrected chi connectivity index (χ1v) is 7.67. The summed E-state index contributed by atoms with van der Waals surface area (Å²) in [6.45, 7) is 8.58. The third-order valence-corrected chi connectivity index (χ3v) is 5.37. The van der Waals surface area contributed by atoms with Gasteiger partial charge in [-0.1, -0.05) is 26.7 Å². The lowest BCUT2D eigenvalue weighted by molar-refractivity contribution is -0.127. The van der Waals surface area contributed by atoms with Gasteiger partial charge in [-0.15, -0.1) is 11.3 Å². The van der Waals surface area contributed by atoms with Crippen molar-refractivity contribution in [2.75, 3.05) is 0 Å². The van der Waals surface area contributed by atoms with Crippen molar-refractivity contribution in [3.05, 3.63) is 15.6 Å². The second-order valence-corrected chi connectivity index (χ2v) is 7.47. The average Bonchev–Trinajstić information content (AvgIpc) is 2.57. The van der Waals surface area contributed by atoms with Crippen molar-refractivity contribution in [2.45, 2.75) is 59.8 Å². The monoisotopic (exact) mass is 265 g/mol. The molecule has 1 aliphatic carbocycles. The summed E-state index contributed by atoms with van der Waals surface area (Å²) >= 11 is 1.67. The van der Waals surface area contributed by atoms with E-state index in [1.165, 1.54) is 24.1 Å². The molecule has 1 aliphatic rings. The smallest absolute Gasteiger partial charge is 0.143 e. The summed E-state index contributed by atoms with van der Waals surface area (Å²) in [4.78, 5) is 18.2. The fourth-order valence-electron chi connectivity index (χ4n) is 2.98. The summed E-state index contributed by atoms with van der Waals surface area (Å²) in [6.07, 6.45) is 5.25. The number of rotatable bonds is 3. The van der Waals surface area contributed by atoms with Gasteiger partial charge in [0, 0.05) is 10.8 Å². The zero-order chi connectivity index (χ0) is 13.3. The Balaban J connectivity index is 2.07. The molecule has 18 heavy (non-hydrogen) atoms. The fraction of sp³-hybridized carbons (Fsp3) is 0.733. The number of hydrogen-bond donors (Lipinski definition) is 0. The van der Waals surface area contributed by atoms with Gasteiger partial charge < -0.3 is 0 Å². The Bertz CT molecular complexity index is 428. The predicted octanol–water partition coefficient (Wildman–Crippen LogP) is 4.09. The molecule has 0 amide bonds. The lowest BCUT2D eigenvalue weighted by Crippen LogP contribution is -2.34. The molecule has 1 aromatic heterocycles. The van der Waals surface area contributed by atoms with Crippen LogP contribution in [0.25, 0.3) is 0 Å². The number of aromatic nitrogens is 1. The summed E-state index contributed by atoms with van der Waals surface area (Å²) in [6, 6.07) is 0. The van der Waals surface area contributed by atoms with Gasteiger partial charge >= 0.3 is 0 Å². The topological polar surface area (TPSA) is 30.0 Å². The minimum Gasteiger partial charge on any atom is -0.299 e. The normalized spacial score (nSPS) is 23.0. The van der Waals surface area contributed by atoms with Crippen molar-refractivity contribution < 1.29 is 4.79 Å². The third-order valence-electron chi connectivity index (χ3n) is 4.29. The second-order valence-electron chi connectivity index (χ2n) is 6.18. The highest BCUT2D eigenvalue weighted by Crippen LogP contribution is 2.41. The van der Waals surface area contributed by atoms with Gasteiger partial charge in [0.05, 0.1) is 12.1 Å². The molecule has 2 nitrogen and oxygen atoms in total. The summed E-state index contributed by atoms with van der Waals surface area (Å²) in [5.74, 6) is 0.629. The molecule has 0 aliphatic heterocycles. The maximum atomic E-state index is 12.5. The lowest BCUT2D eigenvalue weighted by atomic mass is 9.67. The lowest BCUT2D eigenvalue weighted by Gasteiger charge is -2.37. The van der Waals surface area contributed by atoms with E-state index >= 15 is 0 Å². The molecule has 1 atom stereocenters. The SMILES string of the molecule is Cc1nc(CC(=O)C2CCCCC2(C)C)sc1C. The summed E-state index contributed by atoms with van der Waals surface area (Å²) in [7, 11) is 0. The molecular weight excluding hydrogens is 242 g/mol. The van der Waals surface area contributed by atoms with Crippen LogP contribution in [-0.4, -0.2) is 10.8 Å². The molecule has 100 valence electrons. The van der Waals surface area contributed by atoms with Gasteiger partial charge in [-0.05, 0) is 32.1 Å². The minimum absolute atomic E-state index is 0.177. The van der Waals surface area contributed by atoms with E-state index < -0.39 is 0 Å². The molecule has 0 N–H and O–H groups in total. The highest BCUT2D eigenvalue weighted by Gasteiger charge is 2.36. The minimum atomic E-state index is 0.177. The molecule has 1 aromatic rings. The van der Waals surface area contributed by atoms with Gasteiger partial charge in [-0.2, -0.15) is 0 Å². The van der Waals surface area contributed by atoms with Crippen molar-refractivity contribution in [2.24, 2.45) is 11.3 Å². The number of ketones is 1. The zero-order valence-electron chi connectivity index (χ0n) is 11.9. The van der Waals surface area contributed by atoms with Crippen LogP contribution in [0.15, 0.2) is 0 Å².